The molecule has 7 heteroatoms. The first-order chi connectivity index (χ1) is 13.6. The van der Waals surface area contributed by atoms with Crippen molar-refractivity contribution in [2.45, 2.75) is 52.1 Å². The van der Waals surface area contributed by atoms with Gasteiger partial charge in [0.25, 0.3) is 0 Å². The Morgan fingerprint density at radius 2 is 1.97 bits per heavy atom. The number of carbonyl (C=O) groups excluding carboxylic acids is 1. The van der Waals surface area contributed by atoms with Gasteiger partial charge < -0.3 is 20.4 Å². The van der Waals surface area contributed by atoms with Crippen LogP contribution in [-0.2, 0) is 17.9 Å². The molecule has 29 heavy (non-hydrogen) atoms. The fraction of sp³-hybridized carbons (Fsp3) is 0.636. The highest BCUT2D eigenvalue weighted by atomic mass is 127. The highest BCUT2D eigenvalue weighted by molar-refractivity contribution is 14.0. The maximum absolute atomic E-state index is 12.1. The van der Waals surface area contributed by atoms with E-state index in [2.05, 4.69) is 60.8 Å². The van der Waals surface area contributed by atoms with Crippen LogP contribution in [0.4, 0.5) is 0 Å². The van der Waals surface area contributed by atoms with Crippen molar-refractivity contribution in [3.8, 4) is 0 Å². The van der Waals surface area contributed by atoms with Crippen LogP contribution in [-0.4, -0.2) is 61.9 Å². The molecule has 0 aliphatic carbocycles. The van der Waals surface area contributed by atoms with Gasteiger partial charge in [-0.2, -0.15) is 0 Å². The summed E-state index contributed by atoms with van der Waals surface area (Å²) >= 11 is 0. The van der Waals surface area contributed by atoms with Crippen molar-refractivity contribution in [3.05, 3.63) is 35.4 Å². The summed E-state index contributed by atoms with van der Waals surface area (Å²) in [5.74, 6) is 1.15. The van der Waals surface area contributed by atoms with Crippen molar-refractivity contribution in [1.29, 1.82) is 0 Å². The molecule has 1 fully saturated rings. The number of nitrogens with one attached hydrogen (secondary N) is 2. The third kappa shape index (κ3) is 10.3. The number of rotatable bonds is 9. The van der Waals surface area contributed by atoms with Crippen molar-refractivity contribution in [1.82, 2.24) is 20.4 Å². The minimum absolute atomic E-state index is 0. The van der Waals surface area contributed by atoms with Gasteiger partial charge in [-0.1, -0.05) is 30.7 Å². The van der Waals surface area contributed by atoms with Gasteiger partial charge in [0.05, 0.1) is 6.54 Å². The van der Waals surface area contributed by atoms with Crippen molar-refractivity contribution in [2.75, 3.05) is 40.3 Å². The molecule has 0 bridgehead atoms. The molecule has 2 rings (SSSR count). The van der Waals surface area contributed by atoms with E-state index in [0.717, 1.165) is 57.9 Å². The lowest BCUT2D eigenvalue weighted by Crippen LogP contribution is -2.39. The first kappa shape index (κ1) is 25.7. The summed E-state index contributed by atoms with van der Waals surface area (Å²) in [5.41, 5.74) is 2.52. The number of hydrogen-bond acceptors (Lipinski definition) is 3. The zero-order chi connectivity index (χ0) is 20.2. The molecule has 1 amide bonds. The van der Waals surface area contributed by atoms with Gasteiger partial charge in [-0.3, -0.25) is 4.79 Å². The quantitative estimate of drug-likeness (QED) is 0.230. The van der Waals surface area contributed by atoms with Gasteiger partial charge in [0, 0.05) is 39.1 Å². The molecule has 1 heterocycles. The molecule has 1 aliphatic heterocycles. The summed E-state index contributed by atoms with van der Waals surface area (Å²) in [6, 6.07) is 8.60. The molecule has 1 aliphatic rings. The van der Waals surface area contributed by atoms with Gasteiger partial charge in [-0.25, -0.2) is 4.99 Å². The van der Waals surface area contributed by atoms with E-state index in [-0.39, 0.29) is 24.0 Å². The lowest BCUT2D eigenvalue weighted by Gasteiger charge is -2.20. The second-order valence-electron chi connectivity index (χ2n) is 7.72. The molecule has 6 nitrogen and oxygen atoms in total. The van der Waals surface area contributed by atoms with E-state index >= 15 is 0 Å². The van der Waals surface area contributed by atoms with Crippen LogP contribution < -0.4 is 10.6 Å². The third-order valence-electron chi connectivity index (χ3n) is 4.82. The van der Waals surface area contributed by atoms with Gasteiger partial charge in [0.2, 0.25) is 5.91 Å². The molecule has 0 unspecified atom stereocenters. The van der Waals surface area contributed by atoms with Crippen LogP contribution in [0.15, 0.2) is 29.3 Å². The molecule has 0 aromatic heterocycles. The van der Waals surface area contributed by atoms with Crippen molar-refractivity contribution in [2.24, 2.45) is 4.99 Å². The second-order valence-corrected chi connectivity index (χ2v) is 7.72. The fourth-order valence-corrected chi connectivity index (χ4v) is 3.46. The summed E-state index contributed by atoms with van der Waals surface area (Å²) in [7, 11) is 4.16. The largest absolute Gasteiger partial charge is 0.357 e. The smallest absolute Gasteiger partial charge is 0.222 e. The molecule has 0 atom stereocenters. The van der Waals surface area contributed by atoms with Crippen LogP contribution in [0, 0.1) is 0 Å². The maximum atomic E-state index is 12.1. The molecule has 0 spiro atoms. The fourth-order valence-electron chi connectivity index (χ4n) is 3.46. The first-order valence-corrected chi connectivity index (χ1v) is 10.6. The Morgan fingerprint density at radius 1 is 1.17 bits per heavy atom. The molecule has 1 saturated heterocycles. The van der Waals surface area contributed by atoms with Crippen LogP contribution >= 0.6 is 24.0 Å². The lowest BCUT2D eigenvalue weighted by molar-refractivity contribution is -0.130. The number of benzene rings is 1. The predicted octanol–water partition coefficient (Wildman–Crippen LogP) is 3.21. The molecule has 1 aromatic carbocycles. The summed E-state index contributed by atoms with van der Waals surface area (Å²) < 4.78 is 0. The van der Waals surface area contributed by atoms with E-state index in [1.165, 1.54) is 17.5 Å². The van der Waals surface area contributed by atoms with E-state index in [1.54, 1.807) is 0 Å². The van der Waals surface area contributed by atoms with Crippen LogP contribution in [0.2, 0.25) is 0 Å². The van der Waals surface area contributed by atoms with Crippen molar-refractivity contribution in [3.63, 3.8) is 0 Å². The monoisotopic (exact) mass is 515 g/mol. The van der Waals surface area contributed by atoms with E-state index in [0.29, 0.717) is 18.9 Å². The first-order valence-electron chi connectivity index (χ1n) is 10.6. The number of carbonyl (C=O) groups is 1. The Labute approximate surface area is 193 Å². The van der Waals surface area contributed by atoms with Gasteiger partial charge in [0.1, 0.15) is 0 Å². The topological polar surface area (TPSA) is 60.0 Å². The Bertz CT molecular complexity index is 635. The summed E-state index contributed by atoms with van der Waals surface area (Å²) in [6.07, 6.45) is 5.00. The number of likely N-dealkylation sites (tertiary alicyclic amines) is 1. The maximum Gasteiger partial charge on any atom is 0.222 e. The molecule has 1 aromatic rings. The molecular weight excluding hydrogens is 477 g/mol. The standard InChI is InChI=1S/C22H37N5O.HI/c1-4-23-22(24-13-9-15-27-14-7-5-6-12-21(27)28)25-17-19-10-8-11-20(16-19)18-26(2)3;/h8,10-11,16H,4-7,9,12-15,17-18H2,1-3H3,(H2,23,24,25);1H. The highest BCUT2D eigenvalue weighted by Crippen LogP contribution is 2.11. The minimum atomic E-state index is 0. The molecule has 2 N–H and O–H groups in total. The lowest BCUT2D eigenvalue weighted by atomic mass is 10.1. The van der Waals surface area contributed by atoms with Crippen molar-refractivity contribution < 1.29 is 4.79 Å². The number of hydrogen-bond donors (Lipinski definition) is 2. The molecule has 0 radical (unpaired) electrons. The van der Waals surface area contributed by atoms with Crippen LogP contribution in [0.1, 0.15) is 50.2 Å². The SMILES string of the molecule is CCNC(=NCc1cccc(CN(C)C)c1)NCCCN1CCCCCC1=O.I. The van der Waals surface area contributed by atoms with Crippen molar-refractivity contribution >= 4 is 35.8 Å². The average Bonchev–Trinajstić information content (AvgIpc) is 2.87. The Morgan fingerprint density at radius 3 is 2.72 bits per heavy atom. The van der Waals surface area contributed by atoms with E-state index in [9.17, 15) is 4.79 Å². The number of halogens is 1. The van der Waals surface area contributed by atoms with E-state index < -0.39 is 0 Å². The summed E-state index contributed by atoms with van der Waals surface area (Å²) in [6.45, 7) is 7.05. The molecular formula is C22H38IN5O. The van der Waals surface area contributed by atoms with Crippen LogP contribution in [0.3, 0.4) is 0 Å². The van der Waals surface area contributed by atoms with Gasteiger partial charge in [0.15, 0.2) is 5.96 Å². The number of aliphatic imine (C=N–C) groups is 1. The zero-order valence-electron chi connectivity index (χ0n) is 18.2. The second kappa shape index (κ2) is 14.6. The number of amides is 1. The minimum Gasteiger partial charge on any atom is -0.357 e. The Hall–Kier alpha value is -1.35. The molecule has 0 saturated carbocycles. The normalized spacial score (nSPS) is 15.1. The third-order valence-corrected chi connectivity index (χ3v) is 4.82. The van der Waals surface area contributed by atoms with Gasteiger partial charge in [-0.05, 0) is 51.4 Å². The summed E-state index contributed by atoms with van der Waals surface area (Å²) in [5, 5.41) is 6.71. The average molecular weight is 515 g/mol. The number of nitrogens with zero attached hydrogens (tertiary/aromatic N) is 3. The highest BCUT2D eigenvalue weighted by Gasteiger charge is 2.15. The van der Waals surface area contributed by atoms with Crippen LogP contribution in [0.25, 0.3) is 0 Å². The molecule has 164 valence electrons. The number of guanidine groups is 1. The van der Waals surface area contributed by atoms with E-state index in [4.69, 9.17) is 4.99 Å². The van der Waals surface area contributed by atoms with Gasteiger partial charge in [-0.15, -0.1) is 24.0 Å². The Kier molecular flexibility index (Phi) is 12.9. The van der Waals surface area contributed by atoms with Gasteiger partial charge >= 0.3 is 0 Å². The van der Waals surface area contributed by atoms with E-state index in [1.807, 2.05) is 4.90 Å². The zero-order valence-corrected chi connectivity index (χ0v) is 20.6. The Balaban J connectivity index is 0.00000420. The predicted molar refractivity (Wildman–Crippen MR) is 132 cm³/mol. The summed E-state index contributed by atoms with van der Waals surface area (Å²) in [4.78, 5) is 21.0. The van der Waals surface area contributed by atoms with Crippen LogP contribution in [0.5, 0.6) is 0 Å².